The van der Waals surface area contributed by atoms with Crippen LogP contribution < -0.4 is 5.32 Å². The molecule has 0 saturated carbocycles. The second-order valence-electron chi connectivity index (χ2n) is 5.68. The van der Waals surface area contributed by atoms with Crippen LogP contribution in [0.3, 0.4) is 0 Å². The molecule has 0 aromatic carbocycles. The van der Waals surface area contributed by atoms with Crippen molar-refractivity contribution in [1.82, 2.24) is 9.78 Å². The second kappa shape index (κ2) is 4.85. The highest BCUT2D eigenvalue weighted by molar-refractivity contribution is 5.94. The van der Waals surface area contributed by atoms with Crippen LogP contribution >= 0.6 is 0 Å². The van der Waals surface area contributed by atoms with E-state index < -0.39 is 5.97 Å². The summed E-state index contributed by atoms with van der Waals surface area (Å²) in [5, 5.41) is 16.8. The van der Waals surface area contributed by atoms with E-state index in [4.69, 9.17) is 4.74 Å². The fraction of sp³-hybridized carbons (Fsp3) is 0.692. The van der Waals surface area contributed by atoms with Crippen LogP contribution in [0.25, 0.3) is 0 Å². The zero-order valence-electron chi connectivity index (χ0n) is 11.9. The second-order valence-corrected chi connectivity index (χ2v) is 5.68. The number of nitrogens with one attached hydrogen (secondary N) is 1. The standard InChI is InChI=1S/C13H21N3O3/c1-8-10(12(17)18)11(16(4)15-8)14-9-5-6-19-13(2,3)7-9/h9,14H,5-7H2,1-4H3,(H,17,18). The maximum Gasteiger partial charge on any atom is 0.341 e. The number of nitrogens with zero attached hydrogens (tertiary/aromatic N) is 2. The van der Waals surface area contributed by atoms with E-state index in [1.54, 1.807) is 18.7 Å². The minimum Gasteiger partial charge on any atom is -0.477 e. The van der Waals surface area contributed by atoms with E-state index in [9.17, 15) is 9.90 Å². The van der Waals surface area contributed by atoms with Crippen LogP contribution in [-0.4, -0.2) is 39.1 Å². The third-order valence-electron chi connectivity index (χ3n) is 3.47. The Morgan fingerprint density at radius 1 is 1.58 bits per heavy atom. The highest BCUT2D eigenvalue weighted by Crippen LogP contribution is 2.28. The summed E-state index contributed by atoms with van der Waals surface area (Å²) in [6.45, 7) is 6.49. The molecule has 1 aromatic heterocycles. The molecular weight excluding hydrogens is 246 g/mol. The largest absolute Gasteiger partial charge is 0.477 e. The molecule has 0 amide bonds. The SMILES string of the molecule is Cc1nn(C)c(NC2CCOC(C)(C)C2)c1C(=O)O. The van der Waals surface area contributed by atoms with Crippen molar-refractivity contribution in [3.63, 3.8) is 0 Å². The zero-order valence-corrected chi connectivity index (χ0v) is 11.9. The number of anilines is 1. The van der Waals surface area contributed by atoms with E-state index in [0.29, 0.717) is 18.1 Å². The number of aromatic nitrogens is 2. The average molecular weight is 267 g/mol. The Labute approximate surface area is 112 Å². The molecule has 6 nitrogen and oxygen atoms in total. The number of carboxylic acids is 1. The number of aryl methyl sites for hydroxylation is 2. The van der Waals surface area contributed by atoms with Gasteiger partial charge in [-0.2, -0.15) is 5.10 Å². The summed E-state index contributed by atoms with van der Waals surface area (Å²) in [5.74, 6) is -0.368. The number of aromatic carboxylic acids is 1. The summed E-state index contributed by atoms with van der Waals surface area (Å²) >= 11 is 0. The number of carboxylic acid groups (broad SMARTS) is 1. The fourth-order valence-electron chi connectivity index (χ4n) is 2.63. The van der Waals surface area contributed by atoms with E-state index >= 15 is 0 Å². The Morgan fingerprint density at radius 3 is 2.84 bits per heavy atom. The van der Waals surface area contributed by atoms with Crippen LogP contribution in [0.5, 0.6) is 0 Å². The summed E-state index contributed by atoms with van der Waals surface area (Å²) < 4.78 is 7.27. The molecule has 1 aromatic rings. The molecule has 1 saturated heterocycles. The van der Waals surface area contributed by atoms with Gasteiger partial charge in [0, 0.05) is 19.7 Å². The number of ether oxygens (including phenoxy) is 1. The lowest BCUT2D eigenvalue weighted by Crippen LogP contribution is -2.40. The van der Waals surface area contributed by atoms with Gasteiger partial charge in [-0.05, 0) is 33.6 Å². The summed E-state index contributed by atoms with van der Waals surface area (Å²) in [6, 6.07) is 0.205. The van der Waals surface area contributed by atoms with E-state index in [2.05, 4.69) is 10.4 Å². The Bertz CT molecular complexity index is 494. The maximum absolute atomic E-state index is 11.3. The Hall–Kier alpha value is -1.56. The minimum atomic E-state index is -0.945. The lowest BCUT2D eigenvalue weighted by atomic mass is 9.94. The number of rotatable bonds is 3. The molecular formula is C13H21N3O3. The molecule has 0 radical (unpaired) electrons. The molecule has 1 aliphatic rings. The maximum atomic E-state index is 11.3. The van der Waals surface area contributed by atoms with Gasteiger partial charge in [0.15, 0.2) is 0 Å². The Morgan fingerprint density at radius 2 is 2.26 bits per heavy atom. The van der Waals surface area contributed by atoms with Gasteiger partial charge < -0.3 is 15.2 Å². The van der Waals surface area contributed by atoms with Crippen LogP contribution in [0.15, 0.2) is 0 Å². The molecule has 19 heavy (non-hydrogen) atoms. The first-order valence-corrected chi connectivity index (χ1v) is 6.47. The highest BCUT2D eigenvalue weighted by atomic mass is 16.5. The van der Waals surface area contributed by atoms with Crippen LogP contribution in [-0.2, 0) is 11.8 Å². The fourth-order valence-corrected chi connectivity index (χ4v) is 2.63. The van der Waals surface area contributed by atoms with Crippen molar-refractivity contribution < 1.29 is 14.6 Å². The normalized spacial score (nSPS) is 22.2. The molecule has 2 N–H and O–H groups in total. The number of carbonyl (C=O) groups is 1. The Balaban J connectivity index is 2.21. The molecule has 1 unspecified atom stereocenters. The van der Waals surface area contributed by atoms with Gasteiger partial charge in [0.25, 0.3) is 0 Å². The van der Waals surface area contributed by atoms with Gasteiger partial charge in [-0.15, -0.1) is 0 Å². The molecule has 1 fully saturated rings. The molecule has 2 heterocycles. The third kappa shape index (κ3) is 2.89. The summed E-state index contributed by atoms with van der Waals surface area (Å²) in [6.07, 6.45) is 1.71. The Kier molecular flexibility index (Phi) is 3.54. The van der Waals surface area contributed by atoms with Gasteiger partial charge in [-0.1, -0.05) is 0 Å². The zero-order chi connectivity index (χ0) is 14.2. The monoisotopic (exact) mass is 267 g/mol. The molecule has 1 atom stereocenters. The van der Waals surface area contributed by atoms with Crippen molar-refractivity contribution in [3.8, 4) is 0 Å². The van der Waals surface area contributed by atoms with Gasteiger partial charge in [0.2, 0.25) is 0 Å². The first-order valence-electron chi connectivity index (χ1n) is 6.47. The summed E-state index contributed by atoms with van der Waals surface area (Å²) in [5.41, 5.74) is 0.614. The smallest absolute Gasteiger partial charge is 0.341 e. The average Bonchev–Trinajstić information content (AvgIpc) is 2.52. The molecule has 6 heteroatoms. The number of hydrogen-bond donors (Lipinski definition) is 2. The van der Waals surface area contributed by atoms with Crippen LogP contribution in [0.1, 0.15) is 42.7 Å². The third-order valence-corrected chi connectivity index (χ3v) is 3.47. The molecule has 1 aliphatic heterocycles. The van der Waals surface area contributed by atoms with Gasteiger partial charge in [-0.3, -0.25) is 4.68 Å². The summed E-state index contributed by atoms with van der Waals surface area (Å²) in [7, 11) is 1.76. The van der Waals surface area contributed by atoms with Crippen LogP contribution in [0.2, 0.25) is 0 Å². The highest BCUT2D eigenvalue weighted by Gasteiger charge is 2.30. The first-order chi connectivity index (χ1) is 8.80. The van der Waals surface area contributed by atoms with Gasteiger partial charge in [-0.25, -0.2) is 4.79 Å². The van der Waals surface area contributed by atoms with Crippen molar-refractivity contribution >= 4 is 11.8 Å². The van der Waals surface area contributed by atoms with Crippen molar-refractivity contribution in [3.05, 3.63) is 11.3 Å². The van der Waals surface area contributed by atoms with E-state index in [0.717, 1.165) is 12.8 Å². The quantitative estimate of drug-likeness (QED) is 0.873. The molecule has 0 spiro atoms. The predicted octanol–water partition coefficient (Wildman–Crippen LogP) is 1.80. The number of hydrogen-bond acceptors (Lipinski definition) is 4. The van der Waals surface area contributed by atoms with Crippen molar-refractivity contribution in [2.75, 3.05) is 11.9 Å². The van der Waals surface area contributed by atoms with E-state index in [-0.39, 0.29) is 17.2 Å². The predicted molar refractivity (Wildman–Crippen MR) is 71.6 cm³/mol. The molecule has 0 bridgehead atoms. The lowest BCUT2D eigenvalue weighted by molar-refractivity contribution is -0.0553. The van der Waals surface area contributed by atoms with Gasteiger partial charge >= 0.3 is 5.97 Å². The topological polar surface area (TPSA) is 76.4 Å². The van der Waals surface area contributed by atoms with Crippen molar-refractivity contribution in [2.45, 2.75) is 45.3 Å². The van der Waals surface area contributed by atoms with Crippen molar-refractivity contribution in [1.29, 1.82) is 0 Å². The first kappa shape index (κ1) is 13.9. The lowest BCUT2D eigenvalue weighted by Gasteiger charge is -2.36. The van der Waals surface area contributed by atoms with Crippen LogP contribution in [0.4, 0.5) is 5.82 Å². The molecule has 2 rings (SSSR count). The van der Waals surface area contributed by atoms with E-state index in [1.807, 2.05) is 13.8 Å². The summed E-state index contributed by atoms with van der Waals surface area (Å²) in [4.78, 5) is 11.3. The van der Waals surface area contributed by atoms with Gasteiger partial charge in [0.05, 0.1) is 11.3 Å². The molecule has 0 aliphatic carbocycles. The van der Waals surface area contributed by atoms with Crippen LogP contribution in [0, 0.1) is 6.92 Å². The minimum absolute atomic E-state index is 0.174. The van der Waals surface area contributed by atoms with Gasteiger partial charge in [0.1, 0.15) is 11.4 Å². The van der Waals surface area contributed by atoms with Crippen molar-refractivity contribution in [2.24, 2.45) is 7.05 Å². The molecule has 106 valence electrons. The van der Waals surface area contributed by atoms with E-state index in [1.165, 1.54) is 0 Å².